The maximum Gasteiger partial charge on any atom is 0.311 e. The number of nitrogens with one attached hydrogen (secondary N) is 1. The van der Waals surface area contributed by atoms with E-state index in [1.165, 1.54) is 25.3 Å². The van der Waals surface area contributed by atoms with Gasteiger partial charge in [0.05, 0.1) is 4.92 Å². The molecule has 6 heteroatoms. The Hall–Kier alpha value is -1.30. The minimum atomic E-state index is -0.375. The molecule has 0 aromatic carbocycles. The van der Waals surface area contributed by atoms with Crippen LogP contribution in [-0.2, 0) is 0 Å². The van der Waals surface area contributed by atoms with Crippen LogP contribution in [0.2, 0.25) is 0 Å². The predicted octanol–water partition coefficient (Wildman–Crippen LogP) is 3.47. The molecule has 1 aromatic heterocycles. The smallest absolute Gasteiger partial charge is 0.311 e. The molecule has 0 spiro atoms. The quantitative estimate of drug-likeness (QED) is 0.661. The molecule has 1 fully saturated rings. The molecule has 1 aliphatic carbocycles. The molecule has 0 unspecified atom stereocenters. The average Bonchev–Trinajstić information content (AvgIpc) is 2.42. The topological polar surface area (TPSA) is 68.1 Å². The molecule has 0 radical (unpaired) electrons. The van der Waals surface area contributed by atoms with Gasteiger partial charge in [-0.15, -0.1) is 0 Å². The van der Waals surface area contributed by atoms with Crippen LogP contribution in [0.1, 0.15) is 32.6 Å². The van der Waals surface area contributed by atoms with E-state index in [4.69, 9.17) is 0 Å². The molecule has 1 aromatic rings. The molecule has 0 bridgehead atoms. The van der Waals surface area contributed by atoms with E-state index in [0.717, 1.165) is 12.2 Å². The van der Waals surface area contributed by atoms with E-state index in [2.05, 4.69) is 17.2 Å². The van der Waals surface area contributed by atoms with Gasteiger partial charge in [0.1, 0.15) is 0 Å². The molecule has 2 rings (SSSR count). The van der Waals surface area contributed by atoms with Gasteiger partial charge in [0, 0.05) is 23.6 Å². The third-order valence-electron chi connectivity index (χ3n) is 3.39. The first-order valence-corrected chi connectivity index (χ1v) is 7.74. The van der Waals surface area contributed by atoms with Crippen molar-refractivity contribution in [3.63, 3.8) is 0 Å². The molecule has 0 saturated heterocycles. The molecule has 1 N–H and O–H groups in total. The Balaban J connectivity index is 2.12. The highest BCUT2D eigenvalue weighted by Crippen LogP contribution is 2.32. The largest absolute Gasteiger partial charge is 0.360 e. The predicted molar refractivity (Wildman–Crippen MR) is 78.7 cm³/mol. The summed E-state index contributed by atoms with van der Waals surface area (Å²) in [5.74, 6) is 1.48. The fourth-order valence-electron chi connectivity index (χ4n) is 2.51. The lowest BCUT2D eigenvalue weighted by Gasteiger charge is -2.31. The van der Waals surface area contributed by atoms with Crippen LogP contribution in [0, 0.1) is 10.1 Å². The van der Waals surface area contributed by atoms with Gasteiger partial charge in [-0.25, -0.2) is 4.98 Å². The summed E-state index contributed by atoms with van der Waals surface area (Å²) in [4.78, 5) is 14.7. The number of pyridine rings is 1. The van der Waals surface area contributed by atoms with E-state index in [-0.39, 0.29) is 16.7 Å². The number of nitro groups is 1. The summed E-state index contributed by atoms with van der Waals surface area (Å²) in [5, 5.41) is 14.8. The van der Waals surface area contributed by atoms with Crippen LogP contribution in [0.25, 0.3) is 0 Å². The number of nitrogens with zero attached hydrogens (tertiary/aromatic N) is 2. The maximum absolute atomic E-state index is 11.0. The third kappa shape index (κ3) is 3.59. The van der Waals surface area contributed by atoms with Gasteiger partial charge in [-0.2, -0.15) is 11.8 Å². The molecule has 1 aliphatic rings. The average molecular weight is 281 g/mol. The second-order valence-electron chi connectivity index (χ2n) is 4.66. The molecule has 5 nitrogen and oxygen atoms in total. The first kappa shape index (κ1) is 14.1. The van der Waals surface area contributed by atoms with Crippen molar-refractivity contribution in [1.29, 1.82) is 0 Å². The number of aromatic nitrogens is 1. The number of rotatable bonds is 5. The molecule has 1 saturated carbocycles. The second kappa shape index (κ2) is 6.75. The van der Waals surface area contributed by atoms with Crippen molar-refractivity contribution < 1.29 is 4.92 Å². The van der Waals surface area contributed by atoms with Gasteiger partial charge in [-0.1, -0.05) is 19.8 Å². The number of thioether (sulfide) groups is 1. The first-order chi connectivity index (χ1) is 9.22. The van der Waals surface area contributed by atoms with E-state index in [1.54, 1.807) is 12.3 Å². The standard InChI is InChI=1S/C13H19N3O2S/c1-2-19-12-8-4-3-6-10(12)15-13-11(16(17)18)7-5-9-14-13/h5,7,9-10,12H,2-4,6,8H2,1H3,(H,14,15)/t10-,12-/m0/s1. The third-order valence-corrected chi connectivity index (χ3v) is 4.71. The highest BCUT2D eigenvalue weighted by Gasteiger charge is 2.27. The summed E-state index contributed by atoms with van der Waals surface area (Å²) >= 11 is 1.93. The number of anilines is 1. The minimum Gasteiger partial charge on any atom is -0.360 e. The van der Waals surface area contributed by atoms with Crippen molar-refractivity contribution >= 4 is 23.3 Å². The molecular weight excluding hydrogens is 262 g/mol. The summed E-state index contributed by atoms with van der Waals surface area (Å²) in [6.07, 6.45) is 6.27. The van der Waals surface area contributed by atoms with Gasteiger partial charge >= 0.3 is 5.69 Å². The van der Waals surface area contributed by atoms with Gasteiger partial charge < -0.3 is 5.32 Å². The highest BCUT2D eigenvalue weighted by molar-refractivity contribution is 7.99. The summed E-state index contributed by atoms with van der Waals surface area (Å²) in [7, 11) is 0. The van der Waals surface area contributed by atoms with Crippen LogP contribution in [-0.4, -0.2) is 27.0 Å². The Bertz CT molecular complexity index is 440. The van der Waals surface area contributed by atoms with Crippen LogP contribution >= 0.6 is 11.8 Å². The van der Waals surface area contributed by atoms with E-state index >= 15 is 0 Å². The first-order valence-electron chi connectivity index (χ1n) is 6.70. The lowest BCUT2D eigenvalue weighted by atomic mass is 9.95. The van der Waals surface area contributed by atoms with Crippen LogP contribution in [0.3, 0.4) is 0 Å². The lowest BCUT2D eigenvalue weighted by Crippen LogP contribution is -2.35. The Labute approximate surface area is 117 Å². The number of hydrogen-bond acceptors (Lipinski definition) is 5. The van der Waals surface area contributed by atoms with Gasteiger partial charge in [0.2, 0.25) is 5.82 Å². The van der Waals surface area contributed by atoms with Crippen molar-refractivity contribution in [2.75, 3.05) is 11.1 Å². The molecule has 0 amide bonds. The lowest BCUT2D eigenvalue weighted by molar-refractivity contribution is -0.384. The normalized spacial score (nSPS) is 23.0. The summed E-state index contributed by atoms with van der Waals surface area (Å²) in [5.41, 5.74) is 0.0633. The summed E-state index contributed by atoms with van der Waals surface area (Å²) in [6.45, 7) is 2.15. The minimum absolute atomic E-state index is 0.0633. The number of hydrogen-bond donors (Lipinski definition) is 1. The van der Waals surface area contributed by atoms with Crippen molar-refractivity contribution in [3.05, 3.63) is 28.4 Å². The van der Waals surface area contributed by atoms with Crippen molar-refractivity contribution in [2.24, 2.45) is 0 Å². The zero-order chi connectivity index (χ0) is 13.7. The zero-order valence-corrected chi connectivity index (χ0v) is 11.9. The Kier molecular flexibility index (Phi) is 5.01. The van der Waals surface area contributed by atoms with Crippen molar-refractivity contribution in [1.82, 2.24) is 4.98 Å². The molecule has 19 heavy (non-hydrogen) atoms. The molecule has 1 heterocycles. The summed E-state index contributed by atoms with van der Waals surface area (Å²) < 4.78 is 0. The van der Waals surface area contributed by atoms with Gasteiger partial charge in [0.25, 0.3) is 0 Å². The van der Waals surface area contributed by atoms with Crippen molar-refractivity contribution in [3.8, 4) is 0 Å². The van der Waals surface area contributed by atoms with E-state index in [0.29, 0.717) is 11.1 Å². The van der Waals surface area contributed by atoms with Gasteiger partial charge in [0.15, 0.2) is 0 Å². The van der Waals surface area contributed by atoms with Crippen LogP contribution < -0.4 is 5.32 Å². The Morgan fingerprint density at radius 2 is 2.32 bits per heavy atom. The Morgan fingerprint density at radius 1 is 1.53 bits per heavy atom. The van der Waals surface area contributed by atoms with E-state index < -0.39 is 0 Å². The van der Waals surface area contributed by atoms with Crippen molar-refractivity contribution in [2.45, 2.75) is 43.9 Å². The maximum atomic E-state index is 11.0. The summed E-state index contributed by atoms with van der Waals surface area (Å²) in [6, 6.07) is 3.38. The molecule has 0 aliphatic heterocycles. The van der Waals surface area contributed by atoms with Crippen LogP contribution in [0.15, 0.2) is 18.3 Å². The SMILES string of the molecule is CCS[C@H]1CCCC[C@@H]1Nc1ncccc1[N+](=O)[O-]. The second-order valence-corrected chi connectivity index (χ2v) is 6.17. The van der Waals surface area contributed by atoms with E-state index in [9.17, 15) is 10.1 Å². The molecule has 104 valence electrons. The van der Waals surface area contributed by atoms with Gasteiger partial charge in [-0.3, -0.25) is 10.1 Å². The highest BCUT2D eigenvalue weighted by atomic mass is 32.2. The van der Waals surface area contributed by atoms with Crippen LogP contribution in [0.4, 0.5) is 11.5 Å². The van der Waals surface area contributed by atoms with E-state index in [1.807, 2.05) is 11.8 Å². The van der Waals surface area contributed by atoms with Gasteiger partial charge in [-0.05, 0) is 24.7 Å². The molecule has 2 atom stereocenters. The zero-order valence-electron chi connectivity index (χ0n) is 11.0. The van der Waals surface area contributed by atoms with Crippen LogP contribution in [0.5, 0.6) is 0 Å². The molecular formula is C13H19N3O2S. The Morgan fingerprint density at radius 3 is 3.05 bits per heavy atom. The fraction of sp³-hybridized carbons (Fsp3) is 0.615. The monoisotopic (exact) mass is 281 g/mol. The fourth-order valence-corrected chi connectivity index (χ4v) is 3.70.